The number of fused-ring (bicyclic) bond motifs is 1. The molecule has 0 aliphatic heterocycles. The summed E-state index contributed by atoms with van der Waals surface area (Å²) < 4.78 is 5.12. The van der Waals surface area contributed by atoms with Gasteiger partial charge in [0.15, 0.2) is 6.61 Å². The quantitative estimate of drug-likeness (QED) is 0.578. The van der Waals surface area contributed by atoms with Crippen molar-refractivity contribution in [3.8, 4) is 0 Å². The Bertz CT molecular complexity index is 898. The maximum Gasteiger partial charge on any atom is 0.310 e. The van der Waals surface area contributed by atoms with Crippen LogP contribution < -0.4 is 0 Å². The van der Waals surface area contributed by atoms with Gasteiger partial charge in [0.05, 0.1) is 17.6 Å². The van der Waals surface area contributed by atoms with E-state index in [1.807, 2.05) is 38.1 Å². The lowest BCUT2D eigenvalue weighted by molar-refractivity contribution is -0.141. The second-order valence-corrected chi connectivity index (χ2v) is 5.66. The van der Waals surface area contributed by atoms with E-state index >= 15 is 0 Å². The number of ketones is 1. The van der Waals surface area contributed by atoms with Gasteiger partial charge in [-0.2, -0.15) is 0 Å². The van der Waals surface area contributed by atoms with Crippen molar-refractivity contribution in [1.29, 1.82) is 0 Å². The van der Waals surface area contributed by atoms with Gasteiger partial charge in [-0.1, -0.05) is 18.2 Å². The van der Waals surface area contributed by atoms with Crippen LogP contribution in [0.2, 0.25) is 0 Å². The fraction of sp³-hybridized carbons (Fsp3) is 0.211. The molecule has 0 aliphatic carbocycles. The number of rotatable bonds is 5. The van der Waals surface area contributed by atoms with Gasteiger partial charge in [0, 0.05) is 17.3 Å². The molecule has 5 heteroatoms. The number of ether oxygens (including phenoxy) is 1. The number of aromatic amines is 1. The van der Waals surface area contributed by atoms with Crippen molar-refractivity contribution >= 4 is 22.7 Å². The van der Waals surface area contributed by atoms with E-state index in [-0.39, 0.29) is 18.8 Å². The number of hydrogen-bond acceptors (Lipinski definition) is 4. The fourth-order valence-corrected chi connectivity index (χ4v) is 2.75. The summed E-state index contributed by atoms with van der Waals surface area (Å²) in [5, 5.41) is 1.02. The van der Waals surface area contributed by atoms with Crippen molar-refractivity contribution in [2.24, 2.45) is 0 Å². The molecule has 0 bridgehead atoms. The van der Waals surface area contributed by atoms with E-state index in [0.717, 1.165) is 27.7 Å². The third-order valence-corrected chi connectivity index (χ3v) is 4.07. The van der Waals surface area contributed by atoms with E-state index < -0.39 is 5.97 Å². The third kappa shape index (κ3) is 3.20. The SMILES string of the molecule is Cc1nc2ccccc2c(C)c1CC(=O)OCC(=O)c1ccc[nH]1. The van der Waals surface area contributed by atoms with Crippen molar-refractivity contribution in [3.63, 3.8) is 0 Å². The summed E-state index contributed by atoms with van der Waals surface area (Å²) in [7, 11) is 0. The van der Waals surface area contributed by atoms with Gasteiger partial charge in [0.1, 0.15) is 0 Å². The number of benzene rings is 1. The number of nitrogens with one attached hydrogen (secondary N) is 1. The molecule has 122 valence electrons. The number of esters is 1. The molecule has 3 aromatic rings. The summed E-state index contributed by atoms with van der Waals surface area (Å²) in [4.78, 5) is 31.3. The van der Waals surface area contributed by atoms with E-state index in [9.17, 15) is 9.59 Å². The minimum absolute atomic E-state index is 0.105. The standard InChI is InChI=1S/C19H18N2O3/c1-12-14-6-3-4-7-16(14)21-13(2)15(12)10-19(23)24-11-18(22)17-8-5-9-20-17/h3-9,20H,10-11H2,1-2H3. The maximum absolute atomic E-state index is 12.1. The van der Waals surface area contributed by atoms with Crippen molar-refractivity contribution in [3.05, 3.63) is 65.1 Å². The van der Waals surface area contributed by atoms with Gasteiger partial charge in [-0.15, -0.1) is 0 Å². The van der Waals surface area contributed by atoms with Crippen LogP contribution in [0.3, 0.4) is 0 Å². The highest BCUT2D eigenvalue weighted by Crippen LogP contribution is 2.23. The first-order valence-corrected chi connectivity index (χ1v) is 7.73. The average Bonchev–Trinajstić information content (AvgIpc) is 3.11. The van der Waals surface area contributed by atoms with Crippen LogP contribution in [0.1, 0.15) is 27.3 Å². The van der Waals surface area contributed by atoms with Crippen LogP contribution in [0, 0.1) is 13.8 Å². The van der Waals surface area contributed by atoms with Crippen molar-refractivity contribution < 1.29 is 14.3 Å². The number of aromatic nitrogens is 2. The first-order chi connectivity index (χ1) is 11.6. The number of H-pyrrole nitrogens is 1. The molecule has 2 heterocycles. The molecule has 0 fully saturated rings. The number of para-hydroxylation sites is 1. The Hall–Kier alpha value is -2.95. The topological polar surface area (TPSA) is 72.0 Å². The second kappa shape index (κ2) is 6.66. The lowest BCUT2D eigenvalue weighted by atomic mass is 10.00. The van der Waals surface area contributed by atoms with Crippen LogP contribution in [0.25, 0.3) is 10.9 Å². The summed E-state index contributed by atoms with van der Waals surface area (Å²) in [6, 6.07) is 11.2. The van der Waals surface area contributed by atoms with Crippen LogP contribution in [0.15, 0.2) is 42.6 Å². The highest BCUT2D eigenvalue weighted by Gasteiger charge is 2.15. The maximum atomic E-state index is 12.1. The van der Waals surface area contributed by atoms with Gasteiger partial charge in [-0.25, -0.2) is 0 Å². The van der Waals surface area contributed by atoms with Gasteiger partial charge in [0.2, 0.25) is 5.78 Å². The Morgan fingerprint density at radius 1 is 1.12 bits per heavy atom. The predicted molar refractivity (Wildman–Crippen MR) is 91.0 cm³/mol. The Balaban J connectivity index is 1.72. The highest BCUT2D eigenvalue weighted by molar-refractivity contribution is 5.96. The lowest BCUT2D eigenvalue weighted by Gasteiger charge is -2.12. The van der Waals surface area contributed by atoms with Crippen LogP contribution >= 0.6 is 0 Å². The molecule has 0 saturated carbocycles. The number of Topliss-reactive ketones (excluding diaryl/α,β-unsaturated/α-hetero) is 1. The van der Waals surface area contributed by atoms with E-state index in [1.165, 1.54) is 0 Å². The van der Waals surface area contributed by atoms with E-state index in [2.05, 4.69) is 9.97 Å². The fourth-order valence-electron chi connectivity index (χ4n) is 2.75. The third-order valence-electron chi connectivity index (χ3n) is 4.07. The van der Waals surface area contributed by atoms with E-state index in [4.69, 9.17) is 4.74 Å². The van der Waals surface area contributed by atoms with E-state index in [1.54, 1.807) is 18.3 Å². The molecule has 0 spiro atoms. The molecular formula is C19H18N2O3. The summed E-state index contributed by atoms with van der Waals surface area (Å²) >= 11 is 0. The first kappa shape index (κ1) is 15.9. The zero-order chi connectivity index (χ0) is 17.1. The van der Waals surface area contributed by atoms with Crippen LogP contribution in [-0.4, -0.2) is 28.3 Å². The molecule has 3 rings (SSSR count). The second-order valence-electron chi connectivity index (χ2n) is 5.66. The molecule has 1 aromatic carbocycles. The molecule has 5 nitrogen and oxygen atoms in total. The van der Waals surface area contributed by atoms with Gasteiger partial charge in [-0.05, 0) is 43.2 Å². The smallest absolute Gasteiger partial charge is 0.310 e. The molecule has 0 atom stereocenters. The van der Waals surface area contributed by atoms with Crippen molar-refractivity contribution in [1.82, 2.24) is 9.97 Å². The van der Waals surface area contributed by atoms with Gasteiger partial charge in [-0.3, -0.25) is 14.6 Å². The molecule has 0 saturated heterocycles. The van der Waals surface area contributed by atoms with Gasteiger partial charge >= 0.3 is 5.97 Å². The minimum atomic E-state index is -0.432. The zero-order valence-corrected chi connectivity index (χ0v) is 13.6. The van der Waals surface area contributed by atoms with Crippen LogP contribution in [0.4, 0.5) is 0 Å². The average molecular weight is 322 g/mol. The van der Waals surface area contributed by atoms with Gasteiger partial charge < -0.3 is 9.72 Å². The largest absolute Gasteiger partial charge is 0.457 e. The monoisotopic (exact) mass is 322 g/mol. The number of nitrogens with zero attached hydrogens (tertiary/aromatic N) is 1. The Labute approximate surface area is 139 Å². The van der Waals surface area contributed by atoms with Crippen LogP contribution in [0.5, 0.6) is 0 Å². The lowest BCUT2D eigenvalue weighted by Crippen LogP contribution is -2.17. The van der Waals surface area contributed by atoms with E-state index in [0.29, 0.717) is 5.69 Å². The normalized spacial score (nSPS) is 10.8. The number of aryl methyl sites for hydroxylation is 2. The molecule has 0 unspecified atom stereocenters. The Morgan fingerprint density at radius 3 is 2.67 bits per heavy atom. The molecule has 24 heavy (non-hydrogen) atoms. The van der Waals surface area contributed by atoms with Crippen molar-refractivity contribution in [2.45, 2.75) is 20.3 Å². The molecule has 0 radical (unpaired) electrons. The van der Waals surface area contributed by atoms with Crippen molar-refractivity contribution in [2.75, 3.05) is 6.61 Å². The minimum Gasteiger partial charge on any atom is -0.457 e. The number of carbonyl (C=O) groups excluding carboxylic acids is 2. The number of pyridine rings is 1. The van der Waals surface area contributed by atoms with Crippen LogP contribution in [-0.2, 0) is 16.0 Å². The Kier molecular flexibility index (Phi) is 4.42. The summed E-state index contributed by atoms with van der Waals surface area (Å²) in [6.07, 6.45) is 1.76. The number of carbonyl (C=O) groups is 2. The molecule has 0 aliphatic rings. The molecule has 0 amide bonds. The van der Waals surface area contributed by atoms with Gasteiger partial charge in [0.25, 0.3) is 0 Å². The highest BCUT2D eigenvalue weighted by atomic mass is 16.5. The molecule has 2 aromatic heterocycles. The summed E-state index contributed by atoms with van der Waals surface area (Å²) in [6.45, 7) is 3.59. The molecule has 1 N–H and O–H groups in total. The predicted octanol–water partition coefficient (Wildman–Crippen LogP) is 3.15. The summed E-state index contributed by atoms with van der Waals surface area (Å²) in [5.74, 6) is -0.684. The molecular weight excluding hydrogens is 304 g/mol. The zero-order valence-electron chi connectivity index (χ0n) is 13.6. The number of hydrogen-bond donors (Lipinski definition) is 1. The summed E-state index contributed by atoms with van der Waals surface area (Å²) in [5.41, 5.74) is 4.02. The first-order valence-electron chi connectivity index (χ1n) is 7.73. The Morgan fingerprint density at radius 2 is 1.92 bits per heavy atom.